The minimum atomic E-state index is 0.287. The summed E-state index contributed by atoms with van der Waals surface area (Å²) in [4.78, 5) is 0. The van der Waals surface area contributed by atoms with Crippen molar-refractivity contribution in [3.05, 3.63) is 57.0 Å². The molecule has 3 rings (SSSR count). The first-order valence-electron chi connectivity index (χ1n) is 8.32. The number of aromatic nitrogens is 1. The molecular formula is C20H23NOS2. The van der Waals surface area contributed by atoms with E-state index in [-0.39, 0.29) is 11.8 Å². The molecule has 0 spiro atoms. The Labute approximate surface area is 152 Å². The lowest BCUT2D eigenvalue weighted by Crippen LogP contribution is -2.03. The van der Waals surface area contributed by atoms with Gasteiger partial charge in [0.05, 0.1) is 10.2 Å². The summed E-state index contributed by atoms with van der Waals surface area (Å²) in [6, 6.07) is 12.6. The van der Waals surface area contributed by atoms with Crippen molar-refractivity contribution in [2.75, 3.05) is 0 Å². The Morgan fingerprint density at radius 3 is 2.21 bits per heavy atom. The van der Waals surface area contributed by atoms with Crippen LogP contribution >= 0.6 is 23.6 Å². The van der Waals surface area contributed by atoms with Gasteiger partial charge in [0.2, 0.25) is 0 Å². The van der Waals surface area contributed by atoms with Gasteiger partial charge in [0.1, 0.15) is 5.75 Å². The summed E-state index contributed by atoms with van der Waals surface area (Å²) in [6.07, 6.45) is 0. The van der Waals surface area contributed by atoms with Crippen LogP contribution in [-0.4, -0.2) is 9.67 Å². The Kier molecular flexibility index (Phi) is 4.79. The highest BCUT2D eigenvalue weighted by Crippen LogP contribution is 2.35. The average molecular weight is 358 g/mol. The predicted octanol–water partition coefficient (Wildman–Crippen LogP) is 6.43. The van der Waals surface area contributed by atoms with Crippen molar-refractivity contribution in [1.29, 1.82) is 0 Å². The van der Waals surface area contributed by atoms with E-state index in [0.29, 0.717) is 5.75 Å². The van der Waals surface area contributed by atoms with Crippen LogP contribution in [0.1, 0.15) is 56.2 Å². The Morgan fingerprint density at radius 1 is 1.04 bits per heavy atom. The zero-order valence-corrected chi connectivity index (χ0v) is 16.2. The van der Waals surface area contributed by atoms with E-state index in [0.717, 1.165) is 21.6 Å². The van der Waals surface area contributed by atoms with Crippen LogP contribution in [-0.2, 0) is 6.54 Å². The average Bonchev–Trinajstić information content (AvgIpc) is 2.84. The lowest BCUT2D eigenvalue weighted by molar-refractivity contribution is 0.454. The molecule has 4 heteroatoms. The number of hydrogen-bond donors (Lipinski definition) is 1. The summed E-state index contributed by atoms with van der Waals surface area (Å²) in [5, 5.41) is 10.6. The Morgan fingerprint density at radius 2 is 1.62 bits per heavy atom. The van der Waals surface area contributed by atoms with E-state index in [1.165, 1.54) is 15.8 Å². The number of hydrogen-bond acceptors (Lipinski definition) is 3. The molecule has 0 atom stereocenters. The number of benzene rings is 2. The fourth-order valence-corrected chi connectivity index (χ4v) is 4.39. The van der Waals surface area contributed by atoms with Crippen LogP contribution in [0.2, 0.25) is 0 Å². The van der Waals surface area contributed by atoms with E-state index in [1.54, 1.807) is 11.3 Å². The molecule has 0 unspecified atom stereocenters. The second-order valence-electron chi connectivity index (χ2n) is 6.85. The van der Waals surface area contributed by atoms with Crippen LogP contribution < -0.4 is 0 Å². The summed E-state index contributed by atoms with van der Waals surface area (Å²) in [7, 11) is 0. The second-order valence-corrected chi connectivity index (χ2v) is 8.53. The van der Waals surface area contributed by atoms with Crippen LogP contribution in [0.25, 0.3) is 10.2 Å². The monoisotopic (exact) mass is 357 g/mol. The maximum absolute atomic E-state index is 10.6. The summed E-state index contributed by atoms with van der Waals surface area (Å²) >= 11 is 7.23. The molecular weight excluding hydrogens is 334 g/mol. The lowest BCUT2D eigenvalue weighted by Gasteiger charge is -2.18. The lowest BCUT2D eigenvalue weighted by atomic mass is 9.91. The Balaban J connectivity index is 2.12. The molecule has 0 bridgehead atoms. The molecule has 126 valence electrons. The van der Waals surface area contributed by atoms with Gasteiger partial charge in [-0.25, -0.2) is 0 Å². The van der Waals surface area contributed by atoms with Crippen molar-refractivity contribution in [2.24, 2.45) is 0 Å². The molecule has 0 aliphatic carbocycles. The molecule has 1 aromatic heterocycles. The third-order valence-electron chi connectivity index (χ3n) is 4.39. The van der Waals surface area contributed by atoms with Crippen molar-refractivity contribution in [2.45, 2.75) is 46.1 Å². The van der Waals surface area contributed by atoms with Gasteiger partial charge >= 0.3 is 0 Å². The van der Waals surface area contributed by atoms with Gasteiger partial charge < -0.3 is 9.67 Å². The number of thiazole rings is 1. The molecule has 0 saturated heterocycles. The van der Waals surface area contributed by atoms with Crippen LogP contribution in [0, 0.1) is 3.95 Å². The third-order valence-corrected chi connectivity index (χ3v) is 5.82. The molecule has 3 aromatic rings. The number of para-hydroxylation sites is 1. The van der Waals surface area contributed by atoms with Gasteiger partial charge in [-0.05, 0) is 52.9 Å². The van der Waals surface area contributed by atoms with E-state index in [1.807, 2.05) is 6.07 Å². The van der Waals surface area contributed by atoms with Crippen molar-refractivity contribution in [1.82, 2.24) is 4.57 Å². The van der Waals surface area contributed by atoms with Crippen LogP contribution in [0.15, 0.2) is 36.4 Å². The van der Waals surface area contributed by atoms with Crippen molar-refractivity contribution in [3.63, 3.8) is 0 Å². The van der Waals surface area contributed by atoms with E-state index in [2.05, 4.69) is 62.6 Å². The Bertz CT molecular complexity index is 905. The smallest absolute Gasteiger partial charge is 0.162 e. The number of rotatable bonds is 4. The summed E-state index contributed by atoms with van der Waals surface area (Å²) in [6.45, 7) is 9.22. The van der Waals surface area contributed by atoms with Crippen LogP contribution in [0.3, 0.4) is 0 Å². The highest BCUT2D eigenvalue weighted by Gasteiger charge is 2.16. The van der Waals surface area contributed by atoms with Crippen molar-refractivity contribution >= 4 is 33.8 Å². The molecule has 24 heavy (non-hydrogen) atoms. The number of aromatic hydroxyl groups is 1. The molecule has 0 aliphatic rings. The molecule has 0 fully saturated rings. The van der Waals surface area contributed by atoms with Gasteiger partial charge in [0.25, 0.3) is 0 Å². The van der Waals surface area contributed by atoms with E-state index < -0.39 is 0 Å². The largest absolute Gasteiger partial charge is 0.507 e. The summed E-state index contributed by atoms with van der Waals surface area (Å²) < 4.78 is 4.30. The number of nitrogens with zero attached hydrogens (tertiary/aromatic N) is 1. The molecule has 0 aliphatic heterocycles. The van der Waals surface area contributed by atoms with E-state index in [4.69, 9.17) is 12.2 Å². The second kappa shape index (κ2) is 6.69. The van der Waals surface area contributed by atoms with Gasteiger partial charge in [0.15, 0.2) is 3.95 Å². The predicted molar refractivity (Wildman–Crippen MR) is 106 cm³/mol. The Hall–Kier alpha value is -1.65. The van der Waals surface area contributed by atoms with Gasteiger partial charge in [-0.15, -0.1) is 11.3 Å². The van der Waals surface area contributed by atoms with E-state index in [9.17, 15) is 5.11 Å². The summed E-state index contributed by atoms with van der Waals surface area (Å²) in [5.74, 6) is 1.02. The zero-order valence-electron chi connectivity index (χ0n) is 14.5. The SMILES string of the molecule is CC(C)c1cc(Cn2c(=S)sc3ccccc32)cc(C(C)C)c1O. The summed E-state index contributed by atoms with van der Waals surface area (Å²) in [5.41, 5.74) is 4.40. The van der Waals surface area contributed by atoms with Gasteiger partial charge in [-0.2, -0.15) is 0 Å². The number of phenols is 1. The first kappa shape index (κ1) is 17.2. The van der Waals surface area contributed by atoms with Crippen LogP contribution in [0.5, 0.6) is 5.75 Å². The van der Waals surface area contributed by atoms with Crippen LogP contribution in [0.4, 0.5) is 0 Å². The van der Waals surface area contributed by atoms with Gasteiger partial charge in [-0.1, -0.05) is 52.0 Å². The van der Waals surface area contributed by atoms with Gasteiger partial charge in [-0.3, -0.25) is 0 Å². The number of phenolic OH excluding ortho intramolecular Hbond substituents is 1. The molecule has 1 N–H and O–H groups in total. The normalized spacial score (nSPS) is 11.8. The third kappa shape index (κ3) is 3.13. The minimum Gasteiger partial charge on any atom is -0.507 e. The zero-order chi connectivity index (χ0) is 17.4. The first-order valence-corrected chi connectivity index (χ1v) is 9.55. The molecule has 2 nitrogen and oxygen atoms in total. The maximum Gasteiger partial charge on any atom is 0.162 e. The minimum absolute atomic E-state index is 0.287. The maximum atomic E-state index is 10.6. The molecule has 0 radical (unpaired) electrons. The van der Waals surface area contributed by atoms with Crippen molar-refractivity contribution in [3.8, 4) is 5.75 Å². The topological polar surface area (TPSA) is 25.2 Å². The van der Waals surface area contributed by atoms with Gasteiger partial charge in [0, 0.05) is 6.54 Å². The standard InChI is InChI=1S/C20H23NOS2/c1-12(2)15-9-14(10-16(13(3)4)19(15)22)11-21-17-7-5-6-8-18(17)24-20(21)23/h5-10,12-13,22H,11H2,1-4H3. The fourth-order valence-electron chi connectivity index (χ4n) is 3.06. The molecule has 2 aromatic carbocycles. The molecule has 0 amide bonds. The quantitative estimate of drug-likeness (QED) is 0.544. The first-order chi connectivity index (χ1) is 11.4. The highest BCUT2D eigenvalue weighted by atomic mass is 32.1. The van der Waals surface area contributed by atoms with E-state index >= 15 is 0 Å². The molecule has 1 heterocycles. The fraction of sp³-hybridized carbons (Fsp3) is 0.350. The highest BCUT2D eigenvalue weighted by molar-refractivity contribution is 7.73. The molecule has 0 saturated carbocycles. The van der Waals surface area contributed by atoms with Crippen molar-refractivity contribution < 1.29 is 5.11 Å². The number of fused-ring (bicyclic) bond motifs is 1.